The van der Waals surface area contributed by atoms with Crippen LogP contribution in [-0.4, -0.2) is 24.8 Å². The lowest BCUT2D eigenvalue weighted by atomic mass is 9.87. The molecular weight excluding hydrogens is 222 g/mol. The van der Waals surface area contributed by atoms with Gasteiger partial charge < -0.3 is 4.90 Å². The second kappa shape index (κ2) is 5.66. The quantitative estimate of drug-likeness (QED) is 0.811. The van der Waals surface area contributed by atoms with Crippen LogP contribution in [0.2, 0.25) is 0 Å². The molecule has 2 nitrogen and oxygen atoms in total. The van der Waals surface area contributed by atoms with E-state index in [1.165, 1.54) is 27.8 Å². The van der Waals surface area contributed by atoms with Crippen molar-refractivity contribution in [3.63, 3.8) is 0 Å². The Bertz CT molecular complexity index is 434. The topological polar surface area (TPSA) is 20.3 Å². The number of benzene rings is 1. The Morgan fingerprint density at radius 2 is 1.56 bits per heavy atom. The van der Waals surface area contributed by atoms with Crippen molar-refractivity contribution in [1.82, 2.24) is 4.90 Å². The van der Waals surface area contributed by atoms with Crippen LogP contribution in [0, 0.1) is 27.7 Å². The van der Waals surface area contributed by atoms with Gasteiger partial charge >= 0.3 is 0 Å². The van der Waals surface area contributed by atoms with E-state index in [1.54, 1.807) is 6.92 Å². The molecule has 2 heteroatoms. The highest BCUT2D eigenvalue weighted by molar-refractivity contribution is 5.76. The van der Waals surface area contributed by atoms with Crippen LogP contribution in [0.5, 0.6) is 0 Å². The fraction of sp³-hybridized carbons (Fsp3) is 0.562. The van der Waals surface area contributed by atoms with Crippen LogP contribution in [0.15, 0.2) is 6.07 Å². The van der Waals surface area contributed by atoms with Crippen molar-refractivity contribution >= 4 is 5.78 Å². The third kappa shape index (κ3) is 2.99. The first-order chi connectivity index (χ1) is 8.25. The number of ketones is 1. The normalized spacial score (nSPS) is 12.9. The molecule has 1 atom stereocenters. The van der Waals surface area contributed by atoms with E-state index in [-0.39, 0.29) is 11.8 Å². The minimum Gasteiger partial charge on any atom is -0.302 e. The number of carbonyl (C=O) groups is 1. The highest BCUT2D eigenvalue weighted by atomic mass is 16.1. The Hall–Kier alpha value is -1.15. The summed E-state index contributed by atoms with van der Waals surface area (Å²) in [6.45, 7) is 10.3. The molecule has 0 bridgehead atoms. The molecule has 1 aromatic carbocycles. The fourth-order valence-corrected chi connectivity index (χ4v) is 2.56. The molecule has 0 fully saturated rings. The van der Waals surface area contributed by atoms with Crippen LogP contribution in [0.1, 0.15) is 47.2 Å². The summed E-state index contributed by atoms with van der Waals surface area (Å²) in [6.07, 6.45) is 0.581. The molecule has 0 saturated heterocycles. The van der Waals surface area contributed by atoms with Gasteiger partial charge in [0.1, 0.15) is 5.78 Å². The molecule has 0 amide bonds. The molecule has 0 aromatic heterocycles. The van der Waals surface area contributed by atoms with E-state index in [0.717, 1.165) is 0 Å². The standard InChI is InChI=1S/C16H25NO/c1-10-8-11(2)14(5)16(13(10)4)15(17(6)7)9-12(3)18/h8,15H,9H2,1-7H3. The van der Waals surface area contributed by atoms with Crippen LogP contribution in [0.25, 0.3) is 0 Å². The summed E-state index contributed by atoms with van der Waals surface area (Å²) in [5, 5.41) is 0. The summed E-state index contributed by atoms with van der Waals surface area (Å²) in [5.74, 6) is 0.242. The summed E-state index contributed by atoms with van der Waals surface area (Å²) in [4.78, 5) is 13.6. The van der Waals surface area contributed by atoms with Gasteiger partial charge in [-0.05, 0) is 76.5 Å². The van der Waals surface area contributed by atoms with E-state index in [4.69, 9.17) is 0 Å². The maximum atomic E-state index is 11.5. The van der Waals surface area contributed by atoms with E-state index in [1.807, 2.05) is 14.1 Å². The van der Waals surface area contributed by atoms with Gasteiger partial charge in [-0.25, -0.2) is 0 Å². The second-order valence-electron chi connectivity index (χ2n) is 5.56. The van der Waals surface area contributed by atoms with Gasteiger partial charge in [-0.1, -0.05) is 6.07 Å². The molecule has 0 spiro atoms. The molecule has 18 heavy (non-hydrogen) atoms. The van der Waals surface area contributed by atoms with Crippen LogP contribution in [-0.2, 0) is 4.79 Å². The molecule has 0 saturated carbocycles. The molecule has 1 unspecified atom stereocenters. The zero-order valence-electron chi connectivity index (χ0n) is 12.7. The number of carbonyl (C=O) groups excluding carboxylic acids is 1. The van der Waals surface area contributed by atoms with Gasteiger partial charge in [0.05, 0.1) is 0 Å². The first-order valence-electron chi connectivity index (χ1n) is 6.48. The van der Waals surface area contributed by atoms with Crippen molar-refractivity contribution in [3.05, 3.63) is 33.9 Å². The lowest BCUT2D eigenvalue weighted by Gasteiger charge is -2.28. The summed E-state index contributed by atoms with van der Waals surface area (Å²) in [6, 6.07) is 2.41. The van der Waals surface area contributed by atoms with Gasteiger partial charge in [0.2, 0.25) is 0 Å². The van der Waals surface area contributed by atoms with Gasteiger partial charge in [-0.3, -0.25) is 4.79 Å². The van der Waals surface area contributed by atoms with Gasteiger partial charge in [0.15, 0.2) is 0 Å². The smallest absolute Gasteiger partial charge is 0.131 e. The summed E-state index contributed by atoms with van der Waals surface area (Å²) in [7, 11) is 4.09. The predicted molar refractivity (Wildman–Crippen MR) is 77.1 cm³/mol. The van der Waals surface area contributed by atoms with Crippen molar-refractivity contribution in [1.29, 1.82) is 0 Å². The number of nitrogens with zero attached hydrogens (tertiary/aromatic N) is 1. The monoisotopic (exact) mass is 247 g/mol. The highest BCUT2D eigenvalue weighted by Gasteiger charge is 2.21. The van der Waals surface area contributed by atoms with Gasteiger partial charge in [-0.15, -0.1) is 0 Å². The number of hydrogen-bond donors (Lipinski definition) is 0. The van der Waals surface area contributed by atoms with Crippen molar-refractivity contribution < 1.29 is 4.79 Å². The average molecular weight is 247 g/mol. The minimum absolute atomic E-state index is 0.182. The summed E-state index contributed by atoms with van der Waals surface area (Å²) >= 11 is 0. The Balaban J connectivity index is 3.40. The maximum Gasteiger partial charge on any atom is 0.131 e. The van der Waals surface area contributed by atoms with Crippen LogP contribution < -0.4 is 0 Å². The largest absolute Gasteiger partial charge is 0.302 e. The zero-order valence-corrected chi connectivity index (χ0v) is 12.7. The molecule has 0 radical (unpaired) electrons. The fourth-order valence-electron chi connectivity index (χ4n) is 2.56. The van der Waals surface area contributed by atoms with Gasteiger partial charge in [0.25, 0.3) is 0 Å². The predicted octanol–water partition coefficient (Wildman–Crippen LogP) is 3.50. The molecule has 0 aliphatic carbocycles. The number of aryl methyl sites for hydroxylation is 2. The minimum atomic E-state index is 0.182. The lowest BCUT2D eigenvalue weighted by Crippen LogP contribution is -2.24. The highest BCUT2D eigenvalue weighted by Crippen LogP contribution is 2.32. The van der Waals surface area contributed by atoms with Gasteiger partial charge in [0, 0.05) is 12.5 Å². The first kappa shape index (κ1) is 14.9. The van der Waals surface area contributed by atoms with Crippen molar-refractivity contribution in [3.8, 4) is 0 Å². The van der Waals surface area contributed by atoms with Crippen LogP contribution in [0.3, 0.4) is 0 Å². The summed E-state index contributed by atoms with van der Waals surface area (Å²) < 4.78 is 0. The third-order valence-corrected chi connectivity index (χ3v) is 3.86. The molecule has 100 valence electrons. The number of Topliss-reactive ketones (excluding diaryl/α,β-unsaturated/α-hetero) is 1. The van der Waals surface area contributed by atoms with E-state index in [9.17, 15) is 4.79 Å². The van der Waals surface area contributed by atoms with Crippen molar-refractivity contribution in [2.45, 2.75) is 47.1 Å². The maximum absolute atomic E-state index is 11.5. The van der Waals surface area contributed by atoms with Crippen LogP contribution in [0.4, 0.5) is 0 Å². The molecule has 1 rings (SSSR count). The lowest BCUT2D eigenvalue weighted by molar-refractivity contribution is -0.118. The van der Waals surface area contributed by atoms with E-state index >= 15 is 0 Å². The average Bonchev–Trinajstić information content (AvgIpc) is 2.24. The zero-order chi connectivity index (χ0) is 14.0. The Labute approximate surface area is 111 Å². The second-order valence-corrected chi connectivity index (χ2v) is 5.56. The molecule has 0 aliphatic rings. The molecule has 0 N–H and O–H groups in total. The number of hydrogen-bond acceptors (Lipinski definition) is 2. The van der Waals surface area contributed by atoms with E-state index in [0.29, 0.717) is 6.42 Å². The Kier molecular flexibility index (Phi) is 4.69. The first-order valence-corrected chi connectivity index (χ1v) is 6.48. The Morgan fingerprint density at radius 1 is 1.11 bits per heavy atom. The molecule has 0 aliphatic heterocycles. The number of rotatable bonds is 4. The van der Waals surface area contributed by atoms with Gasteiger partial charge in [-0.2, -0.15) is 0 Å². The molecule has 0 heterocycles. The van der Waals surface area contributed by atoms with Crippen molar-refractivity contribution in [2.75, 3.05) is 14.1 Å². The SMILES string of the molecule is CC(=O)CC(c1c(C)c(C)cc(C)c1C)N(C)C. The van der Waals surface area contributed by atoms with Crippen molar-refractivity contribution in [2.24, 2.45) is 0 Å². The summed E-state index contributed by atoms with van der Waals surface area (Å²) in [5.41, 5.74) is 6.58. The Morgan fingerprint density at radius 3 is 1.89 bits per heavy atom. The van der Waals surface area contributed by atoms with Crippen LogP contribution >= 0.6 is 0 Å². The van der Waals surface area contributed by atoms with E-state index < -0.39 is 0 Å². The third-order valence-electron chi connectivity index (χ3n) is 3.86. The molecule has 1 aromatic rings. The molecular formula is C16H25NO. The van der Waals surface area contributed by atoms with E-state index in [2.05, 4.69) is 38.7 Å².